The molecule has 0 radical (unpaired) electrons. The second-order valence-corrected chi connectivity index (χ2v) is 4.00. The van der Waals surface area contributed by atoms with Crippen molar-refractivity contribution in [1.29, 1.82) is 0 Å². The fourth-order valence-corrected chi connectivity index (χ4v) is 1.56. The van der Waals surface area contributed by atoms with Gasteiger partial charge in [0.1, 0.15) is 0 Å². The Morgan fingerprint density at radius 1 is 1.20 bits per heavy atom. The lowest BCUT2D eigenvalue weighted by Gasteiger charge is -2.06. The maximum atomic E-state index is 11.8. The minimum Gasteiger partial charge on any atom is -0.409 e. The van der Waals surface area contributed by atoms with Gasteiger partial charge >= 0.3 is 0 Å². The largest absolute Gasteiger partial charge is 0.409 e. The van der Waals surface area contributed by atoms with Gasteiger partial charge in [0.25, 0.3) is 5.91 Å². The first kappa shape index (κ1) is 13.5. The first-order valence-corrected chi connectivity index (χ1v) is 5.82. The molecule has 1 heterocycles. The Kier molecular flexibility index (Phi) is 4.23. The molecule has 0 unspecified atom stereocenters. The summed E-state index contributed by atoms with van der Waals surface area (Å²) in [6.45, 7) is 0.373. The van der Waals surface area contributed by atoms with Crippen molar-refractivity contribution in [3.8, 4) is 0 Å². The van der Waals surface area contributed by atoms with Gasteiger partial charge in [-0.2, -0.15) is 10.2 Å². The van der Waals surface area contributed by atoms with E-state index in [2.05, 4.69) is 20.7 Å². The summed E-state index contributed by atoms with van der Waals surface area (Å²) >= 11 is 0. The standard InChI is InChI=1S/C13H13N5O2/c14-12(18-20)10-3-1-9(2-4-10)7-15-13(19)11-5-6-16-17-8-11/h1-6,8,20H,7H2,(H2,14,18)(H,15,19). The van der Waals surface area contributed by atoms with Crippen molar-refractivity contribution in [2.75, 3.05) is 0 Å². The molecule has 0 saturated heterocycles. The summed E-state index contributed by atoms with van der Waals surface area (Å²) in [4.78, 5) is 11.8. The van der Waals surface area contributed by atoms with E-state index in [1.165, 1.54) is 12.4 Å². The zero-order valence-electron chi connectivity index (χ0n) is 10.5. The van der Waals surface area contributed by atoms with Gasteiger partial charge in [-0.3, -0.25) is 4.79 Å². The molecule has 0 bridgehead atoms. The van der Waals surface area contributed by atoms with Gasteiger partial charge in [-0.15, -0.1) is 0 Å². The van der Waals surface area contributed by atoms with E-state index in [4.69, 9.17) is 10.9 Å². The summed E-state index contributed by atoms with van der Waals surface area (Å²) in [5.41, 5.74) is 7.42. The molecule has 2 aromatic rings. The van der Waals surface area contributed by atoms with Crippen molar-refractivity contribution in [2.45, 2.75) is 6.54 Å². The SMILES string of the molecule is N/C(=N/O)c1ccc(CNC(=O)c2ccnnc2)cc1. The van der Waals surface area contributed by atoms with Crippen molar-refractivity contribution in [3.05, 3.63) is 59.4 Å². The van der Waals surface area contributed by atoms with Crippen molar-refractivity contribution in [3.63, 3.8) is 0 Å². The Hall–Kier alpha value is -2.96. The molecule has 2 rings (SSSR count). The molecular weight excluding hydrogens is 258 g/mol. The van der Waals surface area contributed by atoms with Gasteiger partial charge in [-0.25, -0.2) is 0 Å². The summed E-state index contributed by atoms with van der Waals surface area (Å²) in [6.07, 6.45) is 2.86. The topological polar surface area (TPSA) is 113 Å². The van der Waals surface area contributed by atoms with Gasteiger partial charge in [0.15, 0.2) is 5.84 Å². The van der Waals surface area contributed by atoms with E-state index in [9.17, 15) is 4.79 Å². The third kappa shape index (κ3) is 3.29. The molecule has 102 valence electrons. The minimum absolute atomic E-state index is 0.0449. The number of nitrogens with one attached hydrogen (secondary N) is 1. The lowest BCUT2D eigenvalue weighted by Crippen LogP contribution is -2.23. The van der Waals surface area contributed by atoms with E-state index in [1.54, 1.807) is 30.3 Å². The summed E-state index contributed by atoms with van der Waals surface area (Å²) in [7, 11) is 0. The molecule has 0 aliphatic carbocycles. The molecule has 1 aromatic heterocycles. The quantitative estimate of drug-likeness (QED) is 0.324. The van der Waals surface area contributed by atoms with Crippen molar-refractivity contribution >= 4 is 11.7 Å². The maximum Gasteiger partial charge on any atom is 0.253 e. The molecule has 4 N–H and O–H groups in total. The average molecular weight is 271 g/mol. The van der Waals surface area contributed by atoms with Crippen LogP contribution < -0.4 is 11.1 Å². The van der Waals surface area contributed by atoms with Gasteiger partial charge in [-0.1, -0.05) is 29.4 Å². The van der Waals surface area contributed by atoms with Crippen LogP contribution in [0.1, 0.15) is 21.5 Å². The molecule has 0 spiro atoms. The lowest BCUT2D eigenvalue weighted by atomic mass is 10.1. The van der Waals surface area contributed by atoms with Crippen LogP contribution in [0.15, 0.2) is 47.9 Å². The highest BCUT2D eigenvalue weighted by atomic mass is 16.4. The van der Waals surface area contributed by atoms with Crippen LogP contribution in [0.3, 0.4) is 0 Å². The predicted octanol–water partition coefficient (Wildman–Crippen LogP) is 0.501. The van der Waals surface area contributed by atoms with E-state index in [1.807, 2.05) is 0 Å². The number of amidine groups is 1. The van der Waals surface area contributed by atoms with E-state index < -0.39 is 0 Å². The molecule has 7 heteroatoms. The van der Waals surface area contributed by atoms with Crippen LogP contribution in [0.4, 0.5) is 0 Å². The Morgan fingerprint density at radius 3 is 2.55 bits per heavy atom. The molecule has 20 heavy (non-hydrogen) atoms. The number of benzene rings is 1. The second kappa shape index (κ2) is 6.28. The number of rotatable bonds is 4. The third-order valence-electron chi connectivity index (χ3n) is 2.66. The monoisotopic (exact) mass is 271 g/mol. The second-order valence-electron chi connectivity index (χ2n) is 4.00. The van der Waals surface area contributed by atoms with E-state index >= 15 is 0 Å². The van der Waals surface area contributed by atoms with Crippen LogP contribution >= 0.6 is 0 Å². The number of amides is 1. The summed E-state index contributed by atoms with van der Waals surface area (Å²) in [6, 6.07) is 8.59. The van der Waals surface area contributed by atoms with Crippen LogP contribution in [0.2, 0.25) is 0 Å². The van der Waals surface area contributed by atoms with E-state index in [0.29, 0.717) is 17.7 Å². The molecule has 7 nitrogen and oxygen atoms in total. The maximum absolute atomic E-state index is 11.8. The smallest absolute Gasteiger partial charge is 0.253 e. The zero-order valence-corrected chi connectivity index (χ0v) is 10.5. The normalized spacial score (nSPS) is 11.1. The molecular formula is C13H13N5O2. The van der Waals surface area contributed by atoms with Crippen LogP contribution in [0, 0.1) is 0 Å². The highest BCUT2D eigenvalue weighted by Gasteiger charge is 2.05. The van der Waals surface area contributed by atoms with Crippen LogP contribution in [-0.2, 0) is 6.54 Å². The Labute approximate surface area is 115 Å². The highest BCUT2D eigenvalue weighted by molar-refractivity contribution is 5.97. The van der Waals surface area contributed by atoms with Gasteiger partial charge in [0.2, 0.25) is 0 Å². The van der Waals surface area contributed by atoms with Gasteiger partial charge in [0, 0.05) is 12.1 Å². The summed E-state index contributed by atoms with van der Waals surface area (Å²) in [5, 5.41) is 21.5. The van der Waals surface area contributed by atoms with Gasteiger partial charge in [-0.05, 0) is 11.6 Å². The van der Waals surface area contributed by atoms with Crippen LogP contribution in [0.25, 0.3) is 0 Å². The molecule has 0 saturated carbocycles. The van der Waals surface area contributed by atoms with E-state index in [-0.39, 0.29) is 11.7 Å². The van der Waals surface area contributed by atoms with Crippen molar-refractivity contribution in [1.82, 2.24) is 15.5 Å². The van der Waals surface area contributed by atoms with E-state index in [0.717, 1.165) is 5.56 Å². The average Bonchev–Trinajstić information content (AvgIpc) is 2.53. The predicted molar refractivity (Wildman–Crippen MR) is 72.2 cm³/mol. The number of oxime groups is 1. The van der Waals surface area contributed by atoms with Crippen LogP contribution in [-0.4, -0.2) is 27.1 Å². The Morgan fingerprint density at radius 2 is 1.95 bits per heavy atom. The number of nitrogens with zero attached hydrogens (tertiary/aromatic N) is 3. The minimum atomic E-state index is -0.222. The summed E-state index contributed by atoms with van der Waals surface area (Å²) in [5.74, 6) is -0.177. The fraction of sp³-hybridized carbons (Fsp3) is 0.0769. The molecule has 0 aliphatic heterocycles. The molecule has 1 aromatic carbocycles. The number of hydrogen-bond donors (Lipinski definition) is 3. The van der Waals surface area contributed by atoms with Crippen molar-refractivity contribution in [2.24, 2.45) is 10.9 Å². The molecule has 0 fully saturated rings. The first-order chi connectivity index (χ1) is 9.70. The number of carbonyl (C=O) groups is 1. The number of hydrogen-bond acceptors (Lipinski definition) is 5. The fourth-order valence-electron chi connectivity index (χ4n) is 1.56. The van der Waals surface area contributed by atoms with Gasteiger partial charge in [0.05, 0.1) is 18.0 Å². The number of aromatic nitrogens is 2. The van der Waals surface area contributed by atoms with Gasteiger partial charge < -0.3 is 16.3 Å². The number of carbonyl (C=O) groups excluding carboxylic acids is 1. The first-order valence-electron chi connectivity index (χ1n) is 5.82. The molecule has 1 amide bonds. The Bertz CT molecular complexity index is 610. The third-order valence-corrected chi connectivity index (χ3v) is 2.66. The Balaban J connectivity index is 1.96. The number of nitrogens with two attached hydrogens (primary N) is 1. The highest BCUT2D eigenvalue weighted by Crippen LogP contribution is 2.04. The zero-order chi connectivity index (χ0) is 14.4. The summed E-state index contributed by atoms with van der Waals surface area (Å²) < 4.78 is 0. The lowest BCUT2D eigenvalue weighted by molar-refractivity contribution is 0.0950. The molecule has 0 atom stereocenters. The molecule has 0 aliphatic rings. The van der Waals surface area contributed by atoms with Crippen molar-refractivity contribution < 1.29 is 10.0 Å². The van der Waals surface area contributed by atoms with Crippen LogP contribution in [0.5, 0.6) is 0 Å².